The van der Waals surface area contributed by atoms with Gasteiger partial charge < -0.3 is 24.6 Å². The van der Waals surface area contributed by atoms with Gasteiger partial charge in [0.15, 0.2) is 17.6 Å². The van der Waals surface area contributed by atoms with Crippen molar-refractivity contribution in [1.29, 1.82) is 0 Å². The number of nitro groups is 1. The molecule has 0 spiro atoms. The Bertz CT molecular complexity index is 949. The van der Waals surface area contributed by atoms with Gasteiger partial charge in [0.05, 0.1) is 11.5 Å². The lowest BCUT2D eigenvalue weighted by molar-refractivity contribution is -0.384. The minimum Gasteiger partial charge on any atom is -0.486 e. The molecule has 1 saturated heterocycles. The zero-order valence-corrected chi connectivity index (χ0v) is 16.9. The molecule has 0 saturated carbocycles. The van der Waals surface area contributed by atoms with Crippen molar-refractivity contribution in [2.45, 2.75) is 6.10 Å². The Morgan fingerprint density at radius 2 is 1.90 bits per heavy atom. The number of carbonyl (C=O) groups excluding carboxylic acids is 1. The first-order valence-electron chi connectivity index (χ1n) is 9.61. The number of para-hydroxylation sites is 2. The molecule has 4 rings (SSSR count). The largest absolute Gasteiger partial charge is 0.486 e. The Morgan fingerprint density at radius 3 is 2.63 bits per heavy atom. The fourth-order valence-electron chi connectivity index (χ4n) is 3.54. The number of halogens is 1. The molecule has 0 aliphatic carbocycles. The van der Waals surface area contributed by atoms with E-state index < -0.39 is 4.92 Å². The van der Waals surface area contributed by atoms with E-state index in [1.54, 1.807) is 17.0 Å². The molecular weight excluding hydrogens is 412 g/mol. The number of fused-ring (bicyclic) bond motifs is 1. The fourth-order valence-corrected chi connectivity index (χ4v) is 3.70. The van der Waals surface area contributed by atoms with Crippen molar-refractivity contribution in [3.8, 4) is 11.5 Å². The lowest BCUT2D eigenvalue weighted by Gasteiger charge is -2.36. The highest BCUT2D eigenvalue weighted by molar-refractivity contribution is 6.30. The van der Waals surface area contributed by atoms with Gasteiger partial charge in [-0.15, -0.1) is 0 Å². The normalized spacial score (nSPS) is 18.1. The fraction of sp³-hybridized carbons (Fsp3) is 0.350. The van der Waals surface area contributed by atoms with E-state index in [0.29, 0.717) is 61.5 Å². The van der Waals surface area contributed by atoms with E-state index >= 15 is 0 Å². The maximum atomic E-state index is 12.5. The zero-order chi connectivity index (χ0) is 21.1. The van der Waals surface area contributed by atoms with Gasteiger partial charge in [0.2, 0.25) is 0 Å². The van der Waals surface area contributed by atoms with Gasteiger partial charge in [-0.2, -0.15) is 0 Å². The Labute approximate surface area is 178 Å². The molecule has 2 aliphatic heterocycles. The maximum Gasteiger partial charge on any atom is 0.317 e. The van der Waals surface area contributed by atoms with Gasteiger partial charge in [-0.3, -0.25) is 10.1 Å². The number of amides is 2. The molecule has 0 radical (unpaired) electrons. The third-order valence-corrected chi connectivity index (χ3v) is 5.33. The summed E-state index contributed by atoms with van der Waals surface area (Å²) >= 11 is 5.89. The standard InChI is InChI=1S/C20H21ClN4O5/c21-14-5-6-16(17(11-14)25(27)28)23-7-9-24(10-8-23)20(26)22-12-15-13-29-18-3-1-2-4-19(18)30-15/h1-6,11,15H,7-10,12-13H2,(H,22,26). The number of ether oxygens (including phenoxy) is 2. The number of rotatable bonds is 4. The van der Waals surface area contributed by atoms with Crippen LogP contribution in [0.3, 0.4) is 0 Å². The van der Waals surface area contributed by atoms with Crippen LogP contribution >= 0.6 is 11.6 Å². The molecule has 2 heterocycles. The third-order valence-electron chi connectivity index (χ3n) is 5.09. The van der Waals surface area contributed by atoms with Crippen LogP contribution in [0.4, 0.5) is 16.2 Å². The van der Waals surface area contributed by atoms with Crippen molar-refractivity contribution in [2.24, 2.45) is 0 Å². The summed E-state index contributed by atoms with van der Waals surface area (Å²) in [5, 5.41) is 14.5. The van der Waals surface area contributed by atoms with Gasteiger partial charge in [-0.1, -0.05) is 23.7 Å². The van der Waals surface area contributed by atoms with E-state index in [1.165, 1.54) is 6.07 Å². The van der Waals surface area contributed by atoms with Crippen LogP contribution in [0.2, 0.25) is 5.02 Å². The molecule has 10 heteroatoms. The molecule has 2 aliphatic rings. The molecular formula is C20H21ClN4O5. The first-order valence-corrected chi connectivity index (χ1v) is 9.99. The highest BCUT2D eigenvalue weighted by atomic mass is 35.5. The lowest BCUT2D eigenvalue weighted by atomic mass is 10.2. The molecule has 1 N–H and O–H groups in total. The zero-order valence-electron chi connectivity index (χ0n) is 16.1. The monoisotopic (exact) mass is 432 g/mol. The van der Waals surface area contributed by atoms with Crippen LogP contribution in [0, 0.1) is 10.1 Å². The Balaban J connectivity index is 1.29. The van der Waals surface area contributed by atoms with Crippen LogP contribution < -0.4 is 19.7 Å². The molecule has 1 fully saturated rings. The molecule has 1 atom stereocenters. The number of benzene rings is 2. The molecule has 0 bridgehead atoms. The van der Waals surface area contributed by atoms with Gasteiger partial charge >= 0.3 is 6.03 Å². The average molecular weight is 433 g/mol. The Kier molecular flexibility index (Phi) is 5.80. The number of carbonyl (C=O) groups is 1. The molecule has 30 heavy (non-hydrogen) atoms. The number of hydrogen-bond donors (Lipinski definition) is 1. The van der Waals surface area contributed by atoms with Gasteiger partial charge in [0.1, 0.15) is 12.3 Å². The van der Waals surface area contributed by atoms with Gasteiger partial charge in [0.25, 0.3) is 5.69 Å². The van der Waals surface area contributed by atoms with Gasteiger partial charge in [0, 0.05) is 37.3 Å². The van der Waals surface area contributed by atoms with Crippen LogP contribution in [-0.2, 0) is 0 Å². The molecule has 9 nitrogen and oxygen atoms in total. The van der Waals surface area contributed by atoms with E-state index in [-0.39, 0.29) is 17.8 Å². The number of nitro benzene ring substituents is 1. The highest BCUT2D eigenvalue weighted by Gasteiger charge is 2.27. The van der Waals surface area contributed by atoms with Crippen LogP contribution in [-0.4, -0.2) is 61.3 Å². The number of anilines is 1. The average Bonchev–Trinajstić information content (AvgIpc) is 2.77. The first-order chi connectivity index (χ1) is 14.5. The summed E-state index contributed by atoms with van der Waals surface area (Å²) in [6.45, 7) is 2.59. The SMILES string of the molecule is O=C(NCC1COc2ccccc2O1)N1CCN(c2ccc(Cl)cc2[N+](=O)[O-])CC1. The number of piperazine rings is 1. The minimum absolute atomic E-state index is 0.0323. The second-order valence-electron chi connectivity index (χ2n) is 7.05. The summed E-state index contributed by atoms with van der Waals surface area (Å²) in [5.74, 6) is 1.37. The van der Waals surface area contributed by atoms with Crippen LogP contribution in [0.25, 0.3) is 0 Å². The van der Waals surface area contributed by atoms with Crippen molar-refractivity contribution >= 4 is 29.0 Å². The highest BCUT2D eigenvalue weighted by Crippen LogP contribution is 2.32. The van der Waals surface area contributed by atoms with E-state index in [0.717, 1.165) is 0 Å². The smallest absolute Gasteiger partial charge is 0.317 e. The van der Waals surface area contributed by atoms with Crippen LogP contribution in [0.1, 0.15) is 0 Å². The molecule has 1 unspecified atom stereocenters. The molecule has 2 aromatic carbocycles. The molecule has 2 amide bonds. The second kappa shape index (κ2) is 8.66. The topological polar surface area (TPSA) is 97.2 Å². The van der Waals surface area contributed by atoms with Crippen molar-refractivity contribution in [1.82, 2.24) is 10.2 Å². The minimum atomic E-state index is -0.440. The summed E-state index contributed by atoms with van der Waals surface area (Å²) in [7, 11) is 0. The number of nitrogens with zero attached hydrogens (tertiary/aromatic N) is 3. The first kappa shape index (κ1) is 20.1. The van der Waals surface area contributed by atoms with Crippen molar-refractivity contribution in [3.05, 3.63) is 57.6 Å². The van der Waals surface area contributed by atoms with Gasteiger partial charge in [-0.25, -0.2) is 4.79 Å². The molecule has 158 valence electrons. The van der Waals surface area contributed by atoms with E-state index in [1.807, 2.05) is 29.2 Å². The van der Waals surface area contributed by atoms with E-state index in [9.17, 15) is 14.9 Å². The van der Waals surface area contributed by atoms with E-state index in [4.69, 9.17) is 21.1 Å². The maximum absolute atomic E-state index is 12.5. The predicted molar refractivity (Wildman–Crippen MR) is 112 cm³/mol. The summed E-state index contributed by atoms with van der Waals surface area (Å²) in [4.78, 5) is 27.0. The Hall–Kier alpha value is -3.20. The van der Waals surface area contributed by atoms with Crippen LogP contribution in [0.15, 0.2) is 42.5 Å². The summed E-state index contributed by atoms with van der Waals surface area (Å²) in [5.41, 5.74) is 0.478. The number of urea groups is 1. The van der Waals surface area contributed by atoms with Crippen molar-refractivity contribution in [3.63, 3.8) is 0 Å². The molecule has 2 aromatic rings. The summed E-state index contributed by atoms with van der Waals surface area (Å²) < 4.78 is 11.5. The predicted octanol–water partition coefficient (Wildman–Crippen LogP) is 2.92. The number of hydrogen-bond acceptors (Lipinski definition) is 6. The summed E-state index contributed by atoms with van der Waals surface area (Å²) in [6, 6.07) is 11.9. The molecule has 0 aromatic heterocycles. The van der Waals surface area contributed by atoms with E-state index in [2.05, 4.69) is 5.32 Å². The van der Waals surface area contributed by atoms with Crippen LogP contribution in [0.5, 0.6) is 11.5 Å². The quantitative estimate of drug-likeness (QED) is 0.589. The lowest BCUT2D eigenvalue weighted by Crippen LogP contribution is -2.53. The van der Waals surface area contributed by atoms with Crippen molar-refractivity contribution in [2.75, 3.05) is 44.2 Å². The number of nitrogens with one attached hydrogen (secondary N) is 1. The third kappa shape index (κ3) is 4.35. The van der Waals surface area contributed by atoms with Crippen molar-refractivity contribution < 1.29 is 19.2 Å². The Morgan fingerprint density at radius 1 is 1.17 bits per heavy atom. The summed E-state index contributed by atoms with van der Waals surface area (Å²) in [6.07, 6.45) is -0.262. The van der Waals surface area contributed by atoms with Gasteiger partial charge in [-0.05, 0) is 24.3 Å². The second-order valence-corrected chi connectivity index (χ2v) is 7.48.